The smallest absolute Gasteiger partial charge is 0.360 e. The number of nitrogens with one attached hydrogen (secondary N) is 1. The van der Waals surface area contributed by atoms with Crippen LogP contribution in [0, 0.1) is 5.92 Å². The second-order valence-electron chi connectivity index (χ2n) is 4.41. The number of alkyl halides is 3. The molecule has 1 N–H and O–H groups in total. The molecule has 0 aromatic heterocycles. The number of likely N-dealkylation sites (tertiary alicyclic amines) is 1. The van der Waals surface area contributed by atoms with Gasteiger partial charge in [0.15, 0.2) is 5.11 Å². The van der Waals surface area contributed by atoms with Crippen molar-refractivity contribution in [3.63, 3.8) is 0 Å². The van der Waals surface area contributed by atoms with Crippen LogP contribution in [0.4, 0.5) is 13.2 Å². The quantitative estimate of drug-likeness (QED) is 0.724. The van der Waals surface area contributed by atoms with Gasteiger partial charge in [0.2, 0.25) is 0 Å². The fraction of sp³-hybridized carbons (Fsp3) is 0.900. The van der Waals surface area contributed by atoms with Gasteiger partial charge in [0.05, 0.1) is 5.92 Å². The van der Waals surface area contributed by atoms with Crippen molar-refractivity contribution in [3.05, 3.63) is 0 Å². The Morgan fingerprint density at radius 3 is 2.19 bits per heavy atom. The number of nitrogens with zero attached hydrogens (tertiary/aromatic N) is 1. The number of rotatable bonds is 1. The molecule has 2 nitrogen and oxygen atoms in total. The fourth-order valence-electron chi connectivity index (χ4n) is 1.75. The largest absolute Gasteiger partial charge is 0.391 e. The zero-order chi connectivity index (χ0) is 12.3. The van der Waals surface area contributed by atoms with Crippen molar-refractivity contribution in [2.45, 2.75) is 38.9 Å². The molecule has 0 aromatic carbocycles. The number of hydrogen-bond acceptors (Lipinski definition) is 1. The van der Waals surface area contributed by atoms with E-state index in [9.17, 15) is 13.2 Å². The minimum atomic E-state index is -4.06. The van der Waals surface area contributed by atoms with Gasteiger partial charge in [-0.15, -0.1) is 0 Å². The van der Waals surface area contributed by atoms with Crippen molar-refractivity contribution in [2.24, 2.45) is 5.92 Å². The van der Waals surface area contributed by atoms with Crippen molar-refractivity contribution < 1.29 is 13.2 Å². The molecule has 0 unspecified atom stereocenters. The molecular formula is C10H17F3N2S. The Balaban J connectivity index is 2.40. The summed E-state index contributed by atoms with van der Waals surface area (Å²) in [6.45, 7) is 4.69. The standard InChI is InChI=1S/C10H17F3N2S/c1-7(2)14-9(16)15-5-3-8(4-6-15)10(11,12)13/h7-8H,3-6H2,1-2H3,(H,14,16). The highest BCUT2D eigenvalue weighted by molar-refractivity contribution is 7.80. The molecule has 94 valence electrons. The van der Waals surface area contributed by atoms with Crippen molar-refractivity contribution in [1.29, 1.82) is 0 Å². The SMILES string of the molecule is CC(C)NC(=S)N1CCC(C(F)(F)F)CC1. The van der Waals surface area contributed by atoms with E-state index in [0.717, 1.165) is 0 Å². The lowest BCUT2D eigenvalue weighted by Gasteiger charge is -2.35. The highest BCUT2D eigenvalue weighted by atomic mass is 32.1. The Hall–Kier alpha value is -0.520. The molecule has 0 spiro atoms. The van der Waals surface area contributed by atoms with Gasteiger partial charge in [0.1, 0.15) is 0 Å². The van der Waals surface area contributed by atoms with E-state index in [0.29, 0.717) is 18.2 Å². The number of thiocarbonyl (C=S) groups is 1. The van der Waals surface area contributed by atoms with Gasteiger partial charge in [-0.05, 0) is 38.9 Å². The van der Waals surface area contributed by atoms with Gasteiger partial charge in [-0.3, -0.25) is 0 Å². The highest BCUT2D eigenvalue weighted by Crippen LogP contribution is 2.33. The van der Waals surface area contributed by atoms with Gasteiger partial charge in [-0.2, -0.15) is 13.2 Å². The van der Waals surface area contributed by atoms with Gasteiger partial charge in [-0.1, -0.05) is 0 Å². The van der Waals surface area contributed by atoms with Crippen LogP contribution in [0.5, 0.6) is 0 Å². The molecule has 1 rings (SSSR count). The molecule has 0 radical (unpaired) electrons. The predicted molar refractivity (Wildman–Crippen MR) is 61.2 cm³/mol. The average Bonchev–Trinajstić information content (AvgIpc) is 2.15. The summed E-state index contributed by atoms with van der Waals surface area (Å²) in [7, 11) is 0. The molecule has 0 amide bonds. The van der Waals surface area contributed by atoms with E-state index >= 15 is 0 Å². The Kier molecular flexibility index (Phi) is 4.41. The van der Waals surface area contributed by atoms with Gasteiger partial charge < -0.3 is 10.2 Å². The third kappa shape index (κ3) is 3.81. The van der Waals surface area contributed by atoms with Crippen LogP contribution < -0.4 is 5.32 Å². The van der Waals surface area contributed by atoms with Crippen LogP contribution in [0.1, 0.15) is 26.7 Å². The molecule has 1 fully saturated rings. The Labute approximate surface area is 99.2 Å². The third-order valence-corrected chi connectivity index (χ3v) is 3.03. The summed E-state index contributed by atoms with van der Waals surface area (Å²) in [4.78, 5) is 1.82. The minimum Gasteiger partial charge on any atom is -0.360 e. The van der Waals surface area contributed by atoms with Crippen LogP contribution in [-0.2, 0) is 0 Å². The Morgan fingerprint density at radius 1 is 1.31 bits per heavy atom. The molecule has 1 aliphatic heterocycles. The normalized spacial score (nSPS) is 19.0. The van der Waals surface area contributed by atoms with Crippen LogP contribution in [-0.4, -0.2) is 35.3 Å². The third-order valence-electron chi connectivity index (χ3n) is 2.66. The van der Waals surface area contributed by atoms with E-state index in [1.165, 1.54) is 0 Å². The second-order valence-corrected chi connectivity index (χ2v) is 4.79. The molecule has 0 aromatic rings. The van der Waals surface area contributed by atoms with E-state index in [1.54, 1.807) is 0 Å². The zero-order valence-electron chi connectivity index (χ0n) is 9.47. The Morgan fingerprint density at radius 2 is 1.81 bits per heavy atom. The predicted octanol–water partition coefficient (Wildman–Crippen LogP) is 2.54. The first-order chi connectivity index (χ1) is 7.30. The number of halogens is 3. The molecule has 16 heavy (non-hydrogen) atoms. The number of hydrogen-bond donors (Lipinski definition) is 1. The van der Waals surface area contributed by atoms with E-state index in [4.69, 9.17) is 12.2 Å². The summed E-state index contributed by atoms with van der Waals surface area (Å²) in [5, 5.41) is 3.61. The maximum absolute atomic E-state index is 12.4. The number of piperidine rings is 1. The van der Waals surface area contributed by atoms with Crippen LogP contribution in [0.15, 0.2) is 0 Å². The van der Waals surface area contributed by atoms with Crippen LogP contribution in [0.2, 0.25) is 0 Å². The second kappa shape index (κ2) is 5.21. The Bertz CT molecular complexity index is 245. The fourth-order valence-corrected chi connectivity index (χ4v) is 2.17. The van der Waals surface area contributed by atoms with E-state index in [-0.39, 0.29) is 18.9 Å². The first-order valence-electron chi connectivity index (χ1n) is 5.43. The molecule has 6 heteroatoms. The van der Waals surface area contributed by atoms with E-state index in [2.05, 4.69) is 5.32 Å². The molecule has 1 aliphatic rings. The minimum absolute atomic E-state index is 0.142. The molecule has 0 saturated carbocycles. The molecule has 0 aliphatic carbocycles. The van der Waals surface area contributed by atoms with E-state index in [1.807, 2.05) is 18.7 Å². The average molecular weight is 254 g/mol. The summed E-state index contributed by atoms with van der Waals surface area (Å²) in [6, 6.07) is 0.216. The van der Waals surface area contributed by atoms with E-state index < -0.39 is 12.1 Å². The summed E-state index contributed by atoms with van der Waals surface area (Å²) in [6.07, 6.45) is -3.77. The van der Waals surface area contributed by atoms with Gasteiger partial charge in [-0.25, -0.2) is 0 Å². The van der Waals surface area contributed by atoms with Gasteiger partial charge >= 0.3 is 6.18 Å². The lowest BCUT2D eigenvalue weighted by Crippen LogP contribution is -2.48. The molecule has 0 bridgehead atoms. The molecule has 0 atom stereocenters. The van der Waals surface area contributed by atoms with Crippen LogP contribution >= 0.6 is 12.2 Å². The monoisotopic (exact) mass is 254 g/mol. The molecule has 1 heterocycles. The lowest BCUT2D eigenvalue weighted by molar-refractivity contribution is -0.183. The van der Waals surface area contributed by atoms with Crippen molar-refractivity contribution in [1.82, 2.24) is 10.2 Å². The van der Waals surface area contributed by atoms with Crippen LogP contribution in [0.25, 0.3) is 0 Å². The summed E-state index contributed by atoms with van der Waals surface area (Å²) in [5.41, 5.74) is 0. The molecule has 1 saturated heterocycles. The van der Waals surface area contributed by atoms with Crippen molar-refractivity contribution >= 4 is 17.3 Å². The highest BCUT2D eigenvalue weighted by Gasteiger charge is 2.41. The topological polar surface area (TPSA) is 15.3 Å². The van der Waals surface area contributed by atoms with Crippen molar-refractivity contribution in [3.8, 4) is 0 Å². The summed E-state index contributed by atoms with van der Waals surface area (Å²) < 4.78 is 37.2. The van der Waals surface area contributed by atoms with Crippen LogP contribution in [0.3, 0.4) is 0 Å². The van der Waals surface area contributed by atoms with Gasteiger partial charge in [0.25, 0.3) is 0 Å². The van der Waals surface area contributed by atoms with Crippen molar-refractivity contribution in [2.75, 3.05) is 13.1 Å². The summed E-state index contributed by atoms with van der Waals surface area (Å²) >= 11 is 5.12. The maximum atomic E-state index is 12.4. The molecular weight excluding hydrogens is 237 g/mol. The lowest BCUT2D eigenvalue weighted by atomic mass is 9.97. The zero-order valence-corrected chi connectivity index (χ0v) is 10.3. The summed E-state index contributed by atoms with van der Waals surface area (Å²) in [5.74, 6) is -1.16. The first-order valence-corrected chi connectivity index (χ1v) is 5.83. The maximum Gasteiger partial charge on any atom is 0.391 e. The first kappa shape index (κ1) is 13.5. The van der Waals surface area contributed by atoms with Gasteiger partial charge in [0, 0.05) is 19.1 Å².